The van der Waals surface area contributed by atoms with Crippen LogP contribution < -0.4 is 0 Å². The van der Waals surface area contributed by atoms with Gasteiger partial charge < -0.3 is 0 Å². The van der Waals surface area contributed by atoms with E-state index in [4.69, 9.17) is 0 Å². The zero-order valence-electron chi connectivity index (χ0n) is 45.1. The van der Waals surface area contributed by atoms with Crippen LogP contribution in [0.1, 0.15) is 251 Å². The summed E-state index contributed by atoms with van der Waals surface area (Å²) in [5, 5.41) is 0. The molecule has 0 fully saturated rings. The van der Waals surface area contributed by atoms with Gasteiger partial charge in [-0.2, -0.15) is 0 Å². The average molecular weight is 972 g/mol. The average Bonchev–Trinajstić information content (AvgIpc) is 3.23. The van der Waals surface area contributed by atoms with Gasteiger partial charge in [0.1, 0.15) is 0 Å². The molecule has 0 aliphatic rings. The molecule has 0 aliphatic heterocycles. The van der Waals surface area contributed by atoms with E-state index in [0.717, 1.165) is 6.42 Å². The summed E-state index contributed by atoms with van der Waals surface area (Å²) in [4.78, 5) is 0. The first kappa shape index (κ1) is 61.2. The maximum absolute atomic E-state index is 2.72. The summed E-state index contributed by atoms with van der Waals surface area (Å²) in [7, 11) is 0. The Bertz CT molecular complexity index is 1480. The molecule has 360 valence electrons. The van der Waals surface area contributed by atoms with E-state index < -0.39 is 18.4 Å². The summed E-state index contributed by atoms with van der Waals surface area (Å²) < 4.78 is 6.39. The van der Waals surface area contributed by atoms with Crippen LogP contribution in [-0.4, -0.2) is 18.4 Å². The van der Waals surface area contributed by atoms with Crippen LogP contribution in [0.25, 0.3) is 0 Å². The van der Waals surface area contributed by atoms with E-state index in [1.54, 1.807) is 35.6 Å². The Balaban J connectivity index is 4.45. The first-order valence-electron chi connectivity index (χ1n) is 26.7. The molecule has 0 unspecified atom stereocenters. The molecule has 0 aliphatic carbocycles. The van der Waals surface area contributed by atoms with E-state index in [2.05, 4.69) is 158 Å². The number of hydrogen-bond donors (Lipinski definition) is 0. The number of rotatable bonds is 38. The van der Waals surface area contributed by atoms with E-state index >= 15 is 0 Å². The van der Waals surface area contributed by atoms with Crippen molar-refractivity contribution in [3.8, 4) is 0 Å². The number of allylic oxidation sites excluding steroid dienone is 20. The second-order valence-corrected chi connectivity index (χ2v) is 34.6. The van der Waals surface area contributed by atoms with Crippen molar-refractivity contribution in [2.45, 2.75) is 269 Å². The van der Waals surface area contributed by atoms with Gasteiger partial charge in [-0.05, 0) is 139 Å². The Morgan fingerprint density at radius 1 is 0.270 bits per heavy atom. The van der Waals surface area contributed by atoms with Crippen LogP contribution >= 0.6 is 0 Å². The molecule has 0 heterocycles. The molecule has 0 aromatic rings. The van der Waals surface area contributed by atoms with Crippen molar-refractivity contribution < 1.29 is 0 Å². The standard InChI is InChI=1S/C50H81.3C4H9.Sn/c1-13-42(4)24-15-26-44(6)28-17-30-46(8)32-19-34-48(10)36-21-38-50(12)40-22-39-49(11)37-20-35-47(9)33-18-31-45(7)29-16-27-43(5)25-14-23-41(2)3;3*1-3-4-2;/h13,23,26-27,30-31,34-35,38-39H,1,14-22,24-25,28-29,32-33,36-37,40H2,2-12H3;3*1,3-4H2,2H3;/b42-13+,43-27+,44-26+,45-31+,46-30+,47-35+,48-34+,49-39+,50-38+;;;;. The first-order valence-corrected chi connectivity index (χ1v) is 34.8. The van der Waals surface area contributed by atoms with Crippen molar-refractivity contribution in [3.05, 3.63) is 116 Å². The fourth-order valence-corrected chi connectivity index (χ4v) is 24.2. The summed E-state index contributed by atoms with van der Waals surface area (Å²) in [6.07, 6.45) is 54.8. The van der Waals surface area contributed by atoms with E-state index in [1.807, 2.05) is 0 Å². The van der Waals surface area contributed by atoms with Crippen molar-refractivity contribution in [2.24, 2.45) is 0 Å². The number of unbranched alkanes of at least 4 members (excludes halogenated alkanes) is 3. The molecule has 0 saturated heterocycles. The van der Waals surface area contributed by atoms with Crippen molar-refractivity contribution in [1.29, 1.82) is 0 Å². The Hall–Kier alpha value is -1.80. The number of hydrogen-bond acceptors (Lipinski definition) is 0. The van der Waals surface area contributed by atoms with Gasteiger partial charge in [0.2, 0.25) is 0 Å². The predicted octanol–water partition coefficient (Wildman–Crippen LogP) is 22.3. The Morgan fingerprint density at radius 3 is 0.651 bits per heavy atom. The zero-order valence-corrected chi connectivity index (χ0v) is 47.9. The van der Waals surface area contributed by atoms with Gasteiger partial charge >= 0.3 is 183 Å². The Morgan fingerprint density at radius 2 is 0.460 bits per heavy atom. The second-order valence-electron chi connectivity index (χ2n) is 20.6. The quantitative estimate of drug-likeness (QED) is 0.0427. The molecule has 0 saturated carbocycles. The van der Waals surface area contributed by atoms with E-state index in [-0.39, 0.29) is 0 Å². The molecule has 0 nitrogen and oxygen atoms in total. The summed E-state index contributed by atoms with van der Waals surface area (Å²) >= 11 is -2.05. The first-order chi connectivity index (χ1) is 30.1. The van der Waals surface area contributed by atoms with Gasteiger partial charge in [0.05, 0.1) is 0 Å². The predicted molar refractivity (Wildman–Crippen MR) is 296 cm³/mol. The third kappa shape index (κ3) is 38.1. The fraction of sp³-hybridized carbons (Fsp3) is 0.677. The van der Waals surface area contributed by atoms with Gasteiger partial charge in [0.15, 0.2) is 0 Å². The molecule has 0 atom stereocenters. The van der Waals surface area contributed by atoms with E-state index in [1.165, 1.54) is 186 Å². The van der Waals surface area contributed by atoms with Gasteiger partial charge in [-0.3, -0.25) is 0 Å². The van der Waals surface area contributed by atoms with E-state index in [0.29, 0.717) is 0 Å². The fourth-order valence-electron chi connectivity index (χ4n) is 8.60. The van der Waals surface area contributed by atoms with Crippen LogP contribution in [0.3, 0.4) is 0 Å². The van der Waals surface area contributed by atoms with Crippen LogP contribution in [0.2, 0.25) is 17.7 Å². The van der Waals surface area contributed by atoms with Crippen LogP contribution in [-0.2, 0) is 0 Å². The summed E-state index contributed by atoms with van der Waals surface area (Å²) in [5.41, 5.74) is 15.4. The minimum atomic E-state index is -2.05. The monoisotopic (exact) mass is 973 g/mol. The van der Waals surface area contributed by atoms with Crippen molar-refractivity contribution in [3.63, 3.8) is 0 Å². The van der Waals surface area contributed by atoms with Crippen molar-refractivity contribution >= 4 is 18.4 Å². The molecule has 0 radical (unpaired) electrons. The molecule has 0 aromatic carbocycles. The van der Waals surface area contributed by atoms with Gasteiger partial charge in [-0.15, -0.1) is 0 Å². The minimum absolute atomic E-state index is 1.16. The van der Waals surface area contributed by atoms with Gasteiger partial charge in [0.25, 0.3) is 0 Å². The van der Waals surface area contributed by atoms with Crippen LogP contribution in [0.4, 0.5) is 0 Å². The van der Waals surface area contributed by atoms with Gasteiger partial charge in [0, 0.05) is 0 Å². The summed E-state index contributed by atoms with van der Waals surface area (Å²) in [6, 6.07) is 0. The summed E-state index contributed by atoms with van der Waals surface area (Å²) in [5.74, 6) is 0. The second kappa shape index (κ2) is 40.5. The molecule has 0 amide bonds. The zero-order chi connectivity index (χ0) is 47.1. The molecule has 0 rings (SSSR count). The topological polar surface area (TPSA) is 0 Å². The van der Waals surface area contributed by atoms with Gasteiger partial charge in [-0.1, -0.05) is 81.5 Å². The Kier molecular flexibility index (Phi) is 39.3. The van der Waals surface area contributed by atoms with E-state index in [9.17, 15) is 0 Å². The molecule has 0 bridgehead atoms. The normalized spacial score (nSPS) is 14.6. The molecule has 0 spiro atoms. The summed E-state index contributed by atoms with van der Waals surface area (Å²) in [6.45, 7) is 32.5. The molecule has 0 N–H and O–H groups in total. The van der Waals surface area contributed by atoms with Crippen LogP contribution in [0.15, 0.2) is 116 Å². The molecule has 0 aromatic heterocycles. The SMILES string of the molecule is CCC[CH2][Sn]([CH2]/C=C(\C)CC/C=C(\C)CC/C=C(\C)CC/C=C(\C)CC/C=C(\C)CC/C=C(\C)CC/C=C(\C)CC/C=C(\C)CC/C=C(\C)CCC=C(C)C)([CH2]CCC)[CH2]CCC. The maximum atomic E-state index is 2.72. The van der Waals surface area contributed by atoms with Crippen LogP contribution in [0.5, 0.6) is 0 Å². The molecule has 1 heteroatoms. The van der Waals surface area contributed by atoms with Crippen molar-refractivity contribution in [1.82, 2.24) is 0 Å². The third-order valence-corrected chi connectivity index (χ3v) is 28.6. The molecular weight excluding hydrogens is 863 g/mol. The molecule has 63 heavy (non-hydrogen) atoms. The van der Waals surface area contributed by atoms with Crippen molar-refractivity contribution in [2.75, 3.05) is 0 Å². The molecular formula is C62H108Sn. The van der Waals surface area contributed by atoms with Crippen LogP contribution in [0, 0.1) is 0 Å². The van der Waals surface area contributed by atoms with Gasteiger partial charge in [-0.25, -0.2) is 0 Å². The third-order valence-electron chi connectivity index (χ3n) is 13.4. The Labute approximate surface area is 401 Å².